The minimum absolute atomic E-state index is 0.224. The van der Waals surface area contributed by atoms with Gasteiger partial charge < -0.3 is 5.73 Å². The Morgan fingerprint density at radius 1 is 1.65 bits per heavy atom. The Labute approximate surface area is 104 Å². The maximum absolute atomic E-state index is 10.6. The molecular weight excluding hydrogens is 238 g/mol. The summed E-state index contributed by atoms with van der Waals surface area (Å²) in [5.74, 6) is 0.499. The summed E-state index contributed by atoms with van der Waals surface area (Å²) in [6.07, 6.45) is 1.01. The zero-order valence-corrected chi connectivity index (χ0v) is 10.7. The van der Waals surface area contributed by atoms with E-state index in [-0.39, 0.29) is 9.92 Å². The molecule has 1 aromatic rings. The Balaban J connectivity index is 1.94. The van der Waals surface area contributed by atoms with Crippen molar-refractivity contribution in [3.8, 4) is 0 Å². The summed E-state index contributed by atoms with van der Waals surface area (Å²) in [5, 5.41) is 10.8. The lowest BCUT2D eigenvalue weighted by Gasteiger charge is -2.34. The SMILES string of the molecule is CC1CN(Cc2ccc([N+](=O)[O-])s2)CCC1N. The third kappa shape index (κ3) is 3.02. The number of thiophene rings is 1. The number of hydrogen-bond donors (Lipinski definition) is 1. The van der Waals surface area contributed by atoms with Crippen LogP contribution in [0.5, 0.6) is 0 Å². The van der Waals surface area contributed by atoms with Crippen molar-refractivity contribution < 1.29 is 4.92 Å². The van der Waals surface area contributed by atoms with Gasteiger partial charge in [-0.1, -0.05) is 18.3 Å². The van der Waals surface area contributed by atoms with Gasteiger partial charge in [-0.2, -0.15) is 0 Å². The summed E-state index contributed by atoms with van der Waals surface area (Å²) in [5.41, 5.74) is 5.96. The molecule has 2 heterocycles. The molecule has 6 heteroatoms. The minimum Gasteiger partial charge on any atom is -0.327 e. The van der Waals surface area contributed by atoms with Crippen LogP contribution in [0.2, 0.25) is 0 Å². The molecule has 2 N–H and O–H groups in total. The number of nitrogens with two attached hydrogens (primary N) is 1. The van der Waals surface area contributed by atoms with Crippen LogP contribution in [0.1, 0.15) is 18.2 Å². The molecule has 94 valence electrons. The van der Waals surface area contributed by atoms with E-state index in [9.17, 15) is 10.1 Å². The monoisotopic (exact) mass is 255 g/mol. The highest BCUT2D eigenvalue weighted by atomic mass is 32.1. The van der Waals surface area contributed by atoms with Gasteiger partial charge in [0.2, 0.25) is 0 Å². The van der Waals surface area contributed by atoms with Crippen molar-refractivity contribution in [3.63, 3.8) is 0 Å². The lowest BCUT2D eigenvalue weighted by atomic mass is 9.95. The summed E-state index contributed by atoms with van der Waals surface area (Å²) in [6, 6.07) is 3.73. The summed E-state index contributed by atoms with van der Waals surface area (Å²) in [7, 11) is 0. The van der Waals surface area contributed by atoms with E-state index in [0.717, 1.165) is 30.9 Å². The molecule has 1 aliphatic heterocycles. The Kier molecular flexibility index (Phi) is 3.76. The van der Waals surface area contributed by atoms with Crippen molar-refractivity contribution in [2.75, 3.05) is 13.1 Å². The van der Waals surface area contributed by atoms with E-state index >= 15 is 0 Å². The van der Waals surface area contributed by atoms with E-state index in [1.54, 1.807) is 6.07 Å². The van der Waals surface area contributed by atoms with Gasteiger partial charge in [-0.25, -0.2) is 0 Å². The molecule has 5 nitrogen and oxygen atoms in total. The van der Waals surface area contributed by atoms with Crippen LogP contribution < -0.4 is 5.73 Å². The standard InChI is InChI=1S/C11H17N3O2S/c1-8-6-13(5-4-10(8)12)7-9-2-3-11(17-9)14(15)16/h2-3,8,10H,4-7,12H2,1H3. The number of nitrogens with zero attached hydrogens (tertiary/aromatic N) is 2. The number of likely N-dealkylation sites (tertiary alicyclic amines) is 1. The van der Waals surface area contributed by atoms with Crippen molar-refractivity contribution in [2.24, 2.45) is 11.7 Å². The first kappa shape index (κ1) is 12.5. The van der Waals surface area contributed by atoms with Crippen LogP contribution in [-0.2, 0) is 6.54 Å². The fourth-order valence-electron chi connectivity index (χ4n) is 2.16. The van der Waals surface area contributed by atoms with E-state index in [0.29, 0.717) is 12.0 Å². The third-order valence-corrected chi connectivity index (χ3v) is 4.28. The van der Waals surface area contributed by atoms with Crippen molar-refractivity contribution in [3.05, 3.63) is 27.1 Å². The number of nitro groups is 1. The molecule has 0 aromatic carbocycles. The smallest absolute Gasteiger partial charge is 0.324 e. The number of piperidine rings is 1. The van der Waals surface area contributed by atoms with Gasteiger partial charge in [0.25, 0.3) is 0 Å². The molecule has 0 radical (unpaired) electrons. The number of rotatable bonds is 3. The van der Waals surface area contributed by atoms with Gasteiger partial charge in [-0.15, -0.1) is 0 Å². The Morgan fingerprint density at radius 2 is 2.41 bits per heavy atom. The van der Waals surface area contributed by atoms with Gasteiger partial charge in [0, 0.05) is 36.6 Å². The molecule has 2 rings (SSSR count). The highest BCUT2D eigenvalue weighted by Crippen LogP contribution is 2.26. The first-order chi connectivity index (χ1) is 8.06. The quantitative estimate of drug-likeness (QED) is 0.660. The van der Waals surface area contributed by atoms with Gasteiger partial charge in [0.15, 0.2) is 0 Å². The summed E-state index contributed by atoms with van der Waals surface area (Å²) < 4.78 is 0. The highest BCUT2D eigenvalue weighted by molar-refractivity contribution is 7.15. The van der Waals surface area contributed by atoms with E-state index in [1.165, 1.54) is 11.3 Å². The van der Waals surface area contributed by atoms with E-state index < -0.39 is 0 Å². The van der Waals surface area contributed by atoms with Crippen LogP contribution in [0.25, 0.3) is 0 Å². The Morgan fingerprint density at radius 3 is 3.00 bits per heavy atom. The van der Waals surface area contributed by atoms with E-state index in [2.05, 4.69) is 11.8 Å². The maximum Gasteiger partial charge on any atom is 0.324 e. The zero-order valence-electron chi connectivity index (χ0n) is 9.83. The Hall–Kier alpha value is -0.980. The van der Waals surface area contributed by atoms with Crippen LogP contribution in [0.15, 0.2) is 12.1 Å². The molecule has 1 aromatic heterocycles. The Bertz CT molecular complexity index is 407. The highest BCUT2D eigenvalue weighted by Gasteiger charge is 2.23. The molecule has 1 fully saturated rings. The second-order valence-corrected chi connectivity index (χ2v) is 5.81. The average Bonchev–Trinajstić information content (AvgIpc) is 2.72. The largest absolute Gasteiger partial charge is 0.327 e. The molecule has 2 atom stereocenters. The van der Waals surface area contributed by atoms with E-state index in [1.807, 2.05) is 6.07 Å². The molecule has 1 saturated heterocycles. The zero-order chi connectivity index (χ0) is 12.4. The molecule has 0 amide bonds. The van der Waals surface area contributed by atoms with E-state index in [4.69, 9.17) is 5.73 Å². The van der Waals surface area contributed by atoms with Gasteiger partial charge in [-0.05, 0) is 18.4 Å². The molecule has 17 heavy (non-hydrogen) atoms. The molecule has 0 bridgehead atoms. The van der Waals surface area contributed by atoms with Crippen molar-refractivity contribution in [1.82, 2.24) is 4.90 Å². The van der Waals surface area contributed by atoms with Crippen LogP contribution >= 0.6 is 11.3 Å². The van der Waals surface area contributed by atoms with Crippen LogP contribution in [0.3, 0.4) is 0 Å². The van der Waals surface area contributed by atoms with Gasteiger partial charge in [0.1, 0.15) is 0 Å². The van der Waals surface area contributed by atoms with Crippen LogP contribution in [0.4, 0.5) is 5.00 Å². The predicted molar refractivity (Wildman–Crippen MR) is 68.0 cm³/mol. The molecule has 1 aliphatic rings. The minimum atomic E-state index is -0.330. The van der Waals surface area contributed by atoms with Crippen molar-refractivity contribution >= 4 is 16.3 Å². The lowest BCUT2D eigenvalue weighted by molar-refractivity contribution is -0.380. The van der Waals surface area contributed by atoms with Gasteiger partial charge in [0.05, 0.1) is 4.92 Å². The second kappa shape index (κ2) is 5.12. The molecule has 0 aliphatic carbocycles. The maximum atomic E-state index is 10.6. The van der Waals surface area contributed by atoms with Crippen LogP contribution in [0, 0.1) is 16.0 Å². The predicted octanol–water partition coefficient (Wildman–Crippen LogP) is 1.83. The molecule has 0 saturated carbocycles. The van der Waals surface area contributed by atoms with Gasteiger partial charge in [-0.3, -0.25) is 15.0 Å². The summed E-state index contributed by atoms with van der Waals surface area (Å²) in [6.45, 7) is 4.92. The third-order valence-electron chi connectivity index (χ3n) is 3.26. The molecule has 2 unspecified atom stereocenters. The lowest BCUT2D eigenvalue weighted by Crippen LogP contribution is -2.45. The summed E-state index contributed by atoms with van der Waals surface area (Å²) in [4.78, 5) is 13.6. The summed E-state index contributed by atoms with van der Waals surface area (Å²) >= 11 is 1.26. The van der Waals surface area contributed by atoms with Crippen LogP contribution in [-0.4, -0.2) is 29.0 Å². The van der Waals surface area contributed by atoms with Crippen molar-refractivity contribution in [2.45, 2.75) is 25.9 Å². The molecule has 0 spiro atoms. The van der Waals surface area contributed by atoms with Gasteiger partial charge >= 0.3 is 5.00 Å². The molecular formula is C11H17N3O2S. The first-order valence-electron chi connectivity index (χ1n) is 5.77. The average molecular weight is 255 g/mol. The fourth-order valence-corrected chi connectivity index (χ4v) is 3.03. The fraction of sp³-hybridized carbons (Fsp3) is 0.636. The second-order valence-electron chi connectivity index (χ2n) is 4.66. The topological polar surface area (TPSA) is 72.4 Å². The number of hydrogen-bond acceptors (Lipinski definition) is 5. The normalized spacial score (nSPS) is 26.0. The first-order valence-corrected chi connectivity index (χ1v) is 6.59. The van der Waals surface area contributed by atoms with Crippen molar-refractivity contribution in [1.29, 1.82) is 0 Å².